The molecule has 0 radical (unpaired) electrons. The third-order valence-corrected chi connectivity index (χ3v) is 7.53. The highest BCUT2D eigenvalue weighted by atomic mass is 16.6. The number of ether oxygens (including phenoxy) is 2. The maximum atomic E-state index is 11.7. The summed E-state index contributed by atoms with van der Waals surface area (Å²) in [4.78, 5) is 43.5. The predicted octanol–water partition coefficient (Wildman–Crippen LogP) is 10.8. The van der Waals surface area contributed by atoms with Crippen molar-refractivity contribution in [2.75, 3.05) is 0 Å². The Hall–Kier alpha value is -3.82. The lowest BCUT2D eigenvalue weighted by molar-refractivity contribution is -0.385. The van der Waals surface area contributed by atoms with E-state index in [0.717, 1.165) is 38.5 Å². The number of unbranched alkanes of at least 4 members (excludes halogenated alkanes) is 16. The molecular weight excluding hydrogens is 588 g/mol. The lowest BCUT2D eigenvalue weighted by Crippen LogP contribution is -2.07. The fourth-order valence-corrected chi connectivity index (χ4v) is 4.80. The van der Waals surface area contributed by atoms with Crippen LogP contribution >= 0.6 is 0 Å². The SMILES string of the molecule is CCCCCCCCCCCC(=O)Oc1ccc([N+](=O)[O-])cc1.CCCCCCCCCCCC(=O)Oc1ccc([N+](=O)[O-])cc1. The van der Waals surface area contributed by atoms with Crippen molar-refractivity contribution in [3.63, 3.8) is 0 Å². The van der Waals surface area contributed by atoms with E-state index in [-0.39, 0.29) is 23.3 Å². The minimum Gasteiger partial charge on any atom is -0.427 e. The molecule has 2 aromatic carbocycles. The Morgan fingerprint density at radius 2 is 0.739 bits per heavy atom. The summed E-state index contributed by atoms with van der Waals surface area (Å²) in [7, 11) is 0. The van der Waals surface area contributed by atoms with E-state index < -0.39 is 9.85 Å². The molecular formula is C36H54N2O8. The molecule has 0 aromatic heterocycles. The molecule has 10 nitrogen and oxygen atoms in total. The van der Waals surface area contributed by atoms with Gasteiger partial charge in [-0.3, -0.25) is 29.8 Å². The van der Waals surface area contributed by atoms with Crippen molar-refractivity contribution in [1.82, 2.24) is 0 Å². The van der Waals surface area contributed by atoms with Gasteiger partial charge in [-0.1, -0.05) is 117 Å². The number of nitro groups is 2. The van der Waals surface area contributed by atoms with Crippen LogP contribution in [-0.2, 0) is 9.59 Å². The van der Waals surface area contributed by atoms with Gasteiger partial charge in [-0.25, -0.2) is 0 Å². The number of benzene rings is 2. The van der Waals surface area contributed by atoms with Crippen LogP contribution in [0.3, 0.4) is 0 Å². The summed E-state index contributed by atoms with van der Waals surface area (Å²) in [5.41, 5.74) is -0.0209. The van der Waals surface area contributed by atoms with E-state index in [1.165, 1.54) is 126 Å². The van der Waals surface area contributed by atoms with Gasteiger partial charge in [0.15, 0.2) is 0 Å². The summed E-state index contributed by atoms with van der Waals surface area (Å²) in [5, 5.41) is 21.1. The van der Waals surface area contributed by atoms with Crippen LogP contribution in [0.4, 0.5) is 11.4 Å². The second-order valence-electron chi connectivity index (χ2n) is 11.6. The van der Waals surface area contributed by atoms with E-state index in [4.69, 9.17) is 9.47 Å². The summed E-state index contributed by atoms with van der Waals surface area (Å²) in [6.07, 6.45) is 22.4. The summed E-state index contributed by atoms with van der Waals surface area (Å²) >= 11 is 0. The molecule has 0 atom stereocenters. The molecule has 10 heteroatoms. The van der Waals surface area contributed by atoms with Gasteiger partial charge < -0.3 is 9.47 Å². The Morgan fingerprint density at radius 3 is 1.00 bits per heavy atom. The lowest BCUT2D eigenvalue weighted by Gasteiger charge is -2.04. The van der Waals surface area contributed by atoms with Crippen LogP contribution in [0, 0.1) is 20.2 Å². The Morgan fingerprint density at radius 1 is 0.478 bits per heavy atom. The topological polar surface area (TPSA) is 139 Å². The predicted molar refractivity (Wildman–Crippen MR) is 181 cm³/mol. The average Bonchev–Trinajstić information content (AvgIpc) is 3.04. The summed E-state index contributed by atoms with van der Waals surface area (Å²) in [6.45, 7) is 4.44. The van der Waals surface area contributed by atoms with Gasteiger partial charge >= 0.3 is 11.9 Å². The van der Waals surface area contributed by atoms with Crippen LogP contribution in [0.2, 0.25) is 0 Å². The zero-order valence-electron chi connectivity index (χ0n) is 27.9. The molecule has 0 heterocycles. The van der Waals surface area contributed by atoms with Gasteiger partial charge in [0.05, 0.1) is 9.85 Å². The van der Waals surface area contributed by atoms with Gasteiger partial charge in [0.1, 0.15) is 11.5 Å². The van der Waals surface area contributed by atoms with Gasteiger partial charge in [0.25, 0.3) is 11.4 Å². The number of hydrogen-bond donors (Lipinski definition) is 0. The molecule has 0 unspecified atom stereocenters. The average molecular weight is 643 g/mol. The maximum absolute atomic E-state index is 11.7. The zero-order chi connectivity index (χ0) is 33.8. The minimum absolute atomic E-state index is 0.0104. The summed E-state index contributed by atoms with van der Waals surface area (Å²) < 4.78 is 10.3. The summed E-state index contributed by atoms with van der Waals surface area (Å²) in [6, 6.07) is 11.1. The quantitative estimate of drug-likeness (QED) is 0.0362. The number of nitro benzene ring substituents is 2. The Kier molecular flexibility index (Phi) is 23.1. The van der Waals surface area contributed by atoms with E-state index in [1.807, 2.05) is 0 Å². The molecule has 0 spiro atoms. The van der Waals surface area contributed by atoms with E-state index >= 15 is 0 Å². The smallest absolute Gasteiger partial charge is 0.311 e. The van der Waals surface area contributed by atoms with Crippen molar-refractivity contribution in [2.45, 2.75) is 142 Å². The monoisotopic (exact) mass is 642 g/mol. The molecule has 0 N–H and O–H groups in total. The number of carbonyl (C=O) groups excluding carboxylic acids is 2. The highest BCUT2D eigenvalue weighted by molar-refractivity contribution is 5.72. The first-order valence-electron chi connectivity index (χ1n) is 17.2. The van der Waals surface area contributed by atoms with Gasteiger partial charge in [-0.15, -0.1) is 0 Å². The second kappa shape index (κ2) is 26.4. The number of nitrogens with zero attached hydrogens (tertiary/aromatic N) is 2. The fraction of sp³-hybridized carbons (Fsp3) is 0.611. The fourth-order valence-electron chi connectivity index (χ4n) is 4.80. The highest BCUT2D eigenvalue weighted by Crippen LogP contribution is 2.20. The molecule has 46 heavy (non-hydrogen) atoms. The van der Waals surface area contributed by atoms with E-state index in [1.54, 1.807) is 0 Å². The van der Waals surface area contributed by atoms with Crippen LogP contribution in [0.25, 0.3) is 0 Å². The molecule has 0 aliphatic rings. The Bertz CT molecular complexity index is 1030. The third kappa shape index (κ3) is 21.0. The van der Waals surface area contributed by atoms with Crippen molar-refractivity contribution in [3.05, 3.63) is 68.8 Å². The normalized spacial score (nSPS) is 10.5. The number of hydrogen-bond acceptors (Lipinski definition) is 8. The van der Waals surface area contributed by atoms with E-state index in [9.17, 15) is 29.8 Å². The molecule has 0 aliphatic carbocycles. The molecule has 0 saturated heterocycles. The van der Waals surface area contributed by atoms with E-state index in [0.29, 0.717) is 24.3 Å². The van der Waals surface area contributed by atoms with Crippen LogP contribution < -0.4 is 9.47 Å². The first kappa shape index (κ1) is 40.2. The van der Waals surface area contributed by atoms with Gasteiger partial charge in [-0.2, -0.15) is 0 Å². The molecule has 0 fully saturated rings. The largest absolute Gasteiger partial charge is 0.427 e. The standard InChI is InChI=1S/2C18H27NO4/c2*1-2-3-4-5-6-7-8-9-10-11-18(20)23-17-14-12-16(13-15-17)19(21)22/h2*12-15H,2-11H2,1H3. The molecule has 0 aliphatic heterocycles. The van der Waals surface area contributed by atoms with Crippen LogP contribution in [0.5, 0.6) is 11.5 Å². The molecule has 256 valence electrons. The van der Waals surface area contributed by atoms with Gasteiger partial charge in [0, 0.05) is 37.1 Å². The van der Waals surface area contributed by atoms with E-state index in [2.05, 4.69) is 13.8 Å². The molecule has 2 rings (SSSR count). The molecule has 0 amide bonds. The van der Waals surface area contributed by atoms with Crippen LogP contribution in [0.15, 0.2) is 48.5 Å². The van der Waals surface area contributed by atoms with Crippen molar-refractivity contribution in [2.24, 2.45) is 0 Å². The van der Waals surface area contributed by atoms with Crippen molar-refractivity contribution in [1.29, 1.82) is 0 Å². The Balaban J connectivity index is 0.000000460. The minimum atomic E-state index is -0.478. The summed E-state index contributed by atoms with van der Waals surface area (Å²) in [5.74, 6) is 0.164. The third-order valence-electron chi connectivity index (χ3n) is 7.53. The number of rotatable bonds is 24. The van der Waals surface area contributed by atoms with Crippen molar-refractivity contribution < 1.29 is 28.9 Å². The van der Waals surface area contributed by atoms with Gasteiger partial charge in [0.2, 0.25) is 0 Å². The van der Waals surface area contributed by atoms with Crippen molar-refractivity contribution >= 4 is 23.3 Å². The van der Waals surface area contributed by atoms with Crippen LogP contribution in [0.1, 0.15) is 142 Å². The zero-order valence-corrected chi connectivity index (χ0v) is 27.9. The van der Waals surface area contributed by atoms with Gasteiger partial charge in [-0.05, 0) is 37.1 Å². The number of esters is 2. The Labute approximate surface area is 274 Å². The van der Waals surface area contributed by atoms with Crippen LogP contribution in [-0.4, -0.2) is 21.8 Å². The number of non-ortho nitro benzene ring substituents is 2. The first-order chi connectivity index (χ1) is 22.3. The molecule has 0 bridgehead atoms. The maximum Gasteiger partial charge on any atom is 0.311 e. The first-order valence-corrected chi connectivity index (χ1v) is 17.2. The number of carbonyl (C=O) groups is 2. The highest BCUT2D eigenvalue weighted by Gasteiger charge is 2.09. The lowest BCUT2D eigenvalue weighted by atomic mass is 10.1. The molecule has 2 aromatic rings. The second-order valence-corrected chi connectivity index (χ2v) is 11.6. The molecule has 0 saturated carbocycles. The van der Waals surface area contributed by atoms with Crippen molar-refractivity contribution in [3.8, 4) is 11.5 Å².